The lowest BCUT2D eigenvalue weighted by Gasteiger charge is -2.28. The average Bonchev–Trinajstić information content (AvgIpc) is 3.20. The topological polar surface area (TPSA) is 46.3 Å². The van der Waals surface area contributed by atoms with Gasteiger partial charge in [-0.05, 0) is 38.2 Å². The second-order valence-electron chi connectivity index (χ2n) is 5.80. The molecule has 0 heterocycles. The molecule has 1 atom stereocenters. The molecule has 1 aliphatic carbocycles. The quantitative estimate of drug-likeness (QED) is 0.855. The summed E-state index contributed by atoms with van der Waals surface area (Å²) in [5.41, 5.74) is 7.17. The minimum absolute atomic E-state index is 0.179. The molecule has 104 valence electrons. The molecule has 1 fully saturated rings. The van der Waals surface area contributed by atoms with Gasteiger partial charge in [-0.25, -0.2) is 0 Å². The van der Waals surface area contributed by atoms with E-state index in [-0.39, 0.29) is 18.0 Å². The number of nitrogens with zero attached hydrogens (tertiary/aromatic N) is 1. The number of carbonyl (C=O) groups is 1. The zero-order chi connectivity index (χ0) is 13.8. The maximum Gasteiger partial charge on any atom is 0.224 e. The van der Waals surface area contributed by atoms with Crippen molar-refractivity contribution in [3.05, 3.63) is 35.9 Å². The first-order valence-electron chi connectivity index (χ1n) is 7.18. The van der Waals surface area contributed by atoms with Crippen LogP contribution in [0.25, 0.3) is 0 Å². The van der Waals surface area contributed by atoms with Crippen molar-refractivity contribution in [2.45, 2.75) is 45.2 Å². The van der Waals surface area contributed by atoms with Gasteiger partial charge in [0.05, 0.1) is 0 Å². The fourth-order valence-corrected chi connectivity index (χ4v) is 2.30. The largest absolute Gasteiger partial charge is 0.340 e. The summed E-state index contributed by atoms with van der Waals surface area (Å²) in [5, 5.41) is 0. The second-order valence-corrected chi connectivity index (χ2v) is 5.80. The Bertz CT molecular complexity index is 412. The van der Waals surface area contributed by atoms with Crippen molar-refractivity contribution in [2.75, 3.05) is 6.54 Å². The molecule has 0 radical (unpaired) electrons. The highest BCUT2D eigenvalue weighted by Gasteiger charge is 2.28. The lowest BCUT2D eigenvalue weighted by atomic mass is 10.0. The van der Waals surface area contributed by atoms with Crippen LogP contribution < -0.4 is 5.73 Å². The third-order valence-electron chi connectivity index (χ3n) is 3.72. The first-order valence-corrected chi connectivity index (χ1v) is 7.18. The number of nitrogens with two attached hydrogens (primary N) is 1. The van der Waals surface area contributed by atoms with E-state index in [0.29, 0.717) is 6.42 Å². The highest BCUT2D eigenvalue weighted by molar-refractivity contribution is 5.77. The third-order valence-corrected chi connectivity index (χ3v) is 3.72. The molecule has 2 rings (SSSR count). The smallest absolute Gasteiger partial charge is 0.224 e. The van der Waals surface area contributed by atoms with E-state index in [4.69, 9.17) is 5.73 Å². The fraction of sp³-hybridized carbons (Fsp3) is 0.562. The van der Waals surface area contributed by atoms with Crippen molar-refractivity contribution in [1.29, 1.82) is 0 Å². The molecular formula is C16H24N2O. The summed E-state index contributed by atoms with van der Waals surface area (Å²) in [7, 11) is 0. The van der Waals surface area contributed by atoms with Crippen molar-refractivity contribution in [3.8, 4) is 0 Å². The first kappa shape index (κ1) is 14.1. The predicted molar refractivity (Wildman–Crippen MR) is 77.6 cm³/mol. The van der Waals surface area contributed by atoms with E-state index in [0.717, 1.165) is 18.0 Å². The number of amides is 1. The molecule has 0 aromatic heterocycles. The van der Waals surface area contributed by atoms with Gasteiger partial charge in [0.2, 0.25) is 5.91 Å². The molecule has 0 spiro atoms. The predicted octanol–water partition coefficient (Wildman–Crippen LogP) is 2.72. The molecule has 19 heavy (non-hydrogen) atoms. The van der Waals surface area contributed by atoms with Gasteiger partial charge in [-0.1, -0.05) is 30.3 Å². The van der Waals surface area contributed by atoms with E-state index in [1.165, 1.54) is 12.8 Å². The van der Waals surface area contributed by atoms with Crippen LogP contribution in [0.3, 0.4) is 0 Å². The Hall–Kier alpha value is -1.35. The molecule has 1 unspecified atom stereocenters. The van der Waals surface area contributed by atoms with Gasteiger partial charge in [0.15, 0.2) is 0 Å². The molecule has 1 saturated carbocycles. The van der Waals surface area contributed by atoms with Crippen LogP contribution in [0.4, 0.5) is 0 Å². The molecule has 2 N–H and O–H groups in total. The summed E-state index contributed by atoms with van der Waals surface area (Å²) < 4.78 is 0. The molecule has 1 aromatic rings. The van der Waals surface area contributed by atoms with E-state index in [1.807, 2.05) is 35.2 Å². The van der Waals surface area contributed by atoms with Gasteiger partial charge >= 0.3 is 0 Å². The van der Waals surface area contributed by atoms with Crippen LogP contribution >= 0.6 is 0 Å². The molecule has 1 aromatic carbocycles. The number of carbonyl (C=O) groups excluding carboxylic acids is 1. The van der Waals surface area contributed by atoms with Gasteiger partial charge in [0.25, 0.3) is 0 Å². The van der Waals surface area contributed by atoms with Crippen molar-refractivity contribution in [3.63, 3.8) is 0 Å². The van der Waals surface area contributed by atoms with E-state index in [9.17, 15) is 4.79 Å². The van der Waals surface area contributed by atoms with Crippen LogP contribution in [0.15, 0.2) is 30.3 Å². The molecular weight excluding hydrogens is 236 g/mol. The molecule has 3 nitrogen and oxygen atoms in total. The zero-order valence-corrected chi connectivity index (χ0v) is 11.9. The molecule has 1 aliphatic rings. The van der Waals surface area contributed by atoms with Crippen molar-refractivity contribution >= 4 is 5.91 Å². The summed E-state index contributed by atoms with van der Waals surface area (Å²) in [4.78, 5) is 14.4. The van der Waals surface area contributed by atoms with Gasteiger partial charge in [-0.15, -0.1) is 0 Å². The Morgan fingerprint density at radius 3 is 2.47 bits per heavy atom. The minimum Gasteiger partial charge on any atom is -0.340 e. The number of benzene rings is 1. The lowest BCUT2D eigenvalue weighted by Crippen LogP contribution is -2.39. The Balaban J connectivity index is 1.94. The standard InChI is InChI=1S/C16H24N2O/c1-12(2)18(11-13-8-9-13)16(19)10-15(17)14-6-4-3-5-7-14/h3-7,12-13,15H,8-11,17H2,1-2H3. The molecule has 0 aliphatic heterocycles. The normalized spacial score (nSPS) is 16.4. The molecule has 1 amide bonds. The van der Waals surface area contributed by atoms with E-state index in [2.05, 4.69) is 13.8 Å². The maximum atomic E-state index is 12.4. The van der Waals surface area contributed by atoms with E-state index < -0.39 is 0 Å². The average molecular weight is 260 g/mol. The van der Waals surface area contributed by atoms with Crippen molar-refractivity contribution < 1.29 is 4.79 Å². The molecule has 0 saturated heterocycles. The highest BCUT2D eigenvalue weighted by Crippen LogP contribution is 2.30. The van der Waals surface area contributed by atoms with Crippen LogP contribution in [-0.4, -0.2) is 23.4 Å². The minimum atomic E-state index is -0.200. The van der Waals surface area contributed by atoms with Crippen LogP contribution in [0.5, 0.6) is 0 Å². The summed E-state index contributed by atoms with van der Waals surface area (Å²) >= 11 is 0. The van der Waals surface area contributed by atoms with Crippen molar-refractivity contribution in [2.24, 2.45) is 11.7 Å². The van der Waals surface area contributed by atoms with E-state index in [1.54, 1.807) is 0 Å². The summed E-state index contributed by atoms with van der Waals surface area (Å²) in [6, 6.07) is 9.92. The first-order chi connectivity index (χ1) is 9.08. The Kier molecular flexibility index (Phi) is 4.59. The SMILES string of the molecule is CC(C)N(CC1CC1)C(=O)CC(N)c1ccccc1. The number of hydrogen-bond acceptors (Lipinski definition) is 2. The van der Waals surface area contributed by atoms with Crippen LogP contribution in [0.1, 0.15) is 44.7 Å². The van der Waals surface area contributed by atoms with E-state index >= 15 is 0 Å². The molecule has 3 heteroatoms. The number of hydrogen-bond donors (Lipinski definition) is 1. The van der Waals surface area contributed by atoms with Gasteiger partial charge in [-0.2, -0.15) is 0 Å². The summed E-state index contributed by atoms with van der Waals surface area (Å²) in [6.07, 6.45) is 2.93. The van der Waals surface area contributed by atoms with Crippen LogP contribution in [0.2, 0.25) is 0 Å². The molecule has 0 bridgehead atoms. The van der Waals surface area contributed by atoms with Gasteiger partial charge in [-0.3, -0.25) is 4.79 Å². The van der Waals surface area contributed by atoms with Crippen LogP contribution in [0, 0.1) is 5.92 Å². The monoisotopic (exact) mass is 260 g/mol. The second kappa shape index (κ2) is 6.20. The van der Waals surface area contributed by atoms with Gasteiger partial charge in [0.1, 0.15) is 0 Å². The summed E-state index contributed by atoms with van der Waals surface area (Å²) in [6.45, 7) is 5.06. The van der Waals surface area contributed by atoms with Gasteiger partial charge in [0, 0.05) is 25.0 Å². The number of rotatable bonds is 6. The summed E-state index contributed by atoms with van der Waals surface area (Å²) in [5.74, 6) is 0.901. The Labute approximate surface area is 115 Å². The highest BCUT2D eigenvalue weighted by atomic mass is 16.2. The third kappa shape index (κ3) is 4.06. The van der Waals surface area contributed by atoms with Crippen LogP contribution in [-0.2, 0) is 4.79 Å². The Morgan fingerprint density at radius 2 is 1.95 bits per heavy atom. The fourth-order valence-electron chi connectivity index (χ4n) is 2.30. The maximum absolute atomic E-state index is 12.4. The lowest BCUT2D eigenvalue weighted by molar-refractivity contribution is -0.133. The Morgan fingerprint density at radius 1 is 1.32 bits per heavy atom. The van der Waals surface area contributed by atoms with Crippen molar-refractivity contribution in [1.82, 2.24) is 4.90 Å². The zero-order valence-electron chi connectivity index (χ0n) is 11.9. The van der Waals surface area contributed by atoms with Gasteiger partial charge < -0.3 is 10.6 Å².